The highest BCUT2D eigenvalue weighted by atomic mass is 32.1. The quantitative estimate of drug-likeness (QED) is 0.867. The van der Waals surface area contributed by atoms with Crippen LogP contribution in [0.1, 0.15) is 32.9 Å². The van der Waals surface area contributed by atoms with Gasteiger partial charge in [0.15, 0.2) is 0 Å². The Morgan fingerprint density at radius 1 is 1.47 bits per heavy atom. The molecule has 0 atom stereocenters. The predicted molar refractivity (Wildman–Crippen MR) is 74.8 cm³/mol. The van der Waals surface area contributed by atoms with Gasteiger partial charge in [0.25, 0.3) is 5.91 Å². The smallest absolute Gasteiger partial charge is 0.251 e. The molecule has 19 heavy (non-hydrogen) atoms. The van der Waals surface area contributed by atoms with Crippen LogP contribution in [0.2, 0.25) is 0 Å². The van der Waals surface area contributed by atoms with Crippen LogP contribution in [0.4, 0.5) is 0 Å². The van der Waals surface area contributed by atoms with Gasteiger partial charge in [-0.15, -0.1) is 11.3 Å². The number of hydrogen-bond donors (Lipinski definition) is 2. The van der Waals surface area contributed by atoms with Gasteiger partial charge in [0.1, 0.15) is 5.01 Å². The van der Waals surface area contributed by atoms with Crippen molar-refractivity contribution < 1.29 is 4.79 Å². The molecule has 0 radical (unpaired) electrons. The van der Waals surface area contributed by atoms with Crippen LogP contribution in [0.3, 0.4) is 0 Å². The summed E-state index contributed by atoms with van der Waals surface area (Å²) in [5.74, 6) is -0.134. The van der Waals surface area contributed by atoms with Gasteiger partial charge in [-0.1, -0.05) is 6.92 Å². The maximum atomic E-state index is 12.0. The van der Waals surface area contributed by atoms with Crippen molar-refractivity contribution in [1.82, 2.24) is 15.3 Å². The number of aromatic nitrogens is 2. The first-order valence-electron chi connectivity index (χ1n) is 6.09. The van der Waals surface area contributed by atoms with E-state index >= 15 is 0 Å². The number of carbonyl (C=O) groups is 1. The molecule has 0 aliphatic carbocycles. The Bertz CT molecular complexity index is 567. The predicted octanol–water partition coefficient (Wildman–Crippen LogP) is 1.49. The van der Waals surface area contributed by atoms with Crippen molar-refractivity contribution in [3.63, 3.8) is 0 Å². The molecule has 0 aliphatic rings. The topological polar surface area (TPSA) is 80.9 Å². The second kappa shape index (κ2) is 6.40. The lowest BCUT2D eigenvalue weighted by Crippen LogP contribution is -2.23. The van der Waals surface area contributed by atoms with Crippen LogP contribution >= 0.6 is 11.3 Å². The van der Waals surface area contributed by atoms with Crippen LogP contribution in [0.5, 0.6) is 0 Å². The van der Waals surface area contributed by atoms with Gasteiger partial charge in [-0.3, -0.25) is 9.78 Å². The van der Waals surface area contributed by atoms with Crippen molar-refractivity contribution in [2.24, 2.45) is 5.73 Å². The lowest BCUT2D eigenvalue weighted by Gasteiger charge is -2.04. The summed E-state index contributed by atoms with van der Waals surface area (Å²) < 4.78 is 0. The van der Waals surface area contributed by atoms with Gasteiger partial charge in [0.2, 0.25) is 0 Å². The number of aryl methyl sites for hydroxylation is 1. The molecule has 0 saturated carbocycles. The summed E-state index contributed by atoms with van der Waals surface area (Å²) in [6.07, 6.45) is 4.41. The summed E-state index contributed by atoms with van der Waals surface area (Å²) in [5, 5.41) is 3.76. The Labute approximate surface area is 115 Å². The summed E-state index contributed by atoms with van der Waals surface area (Å²) >= 11 is 1.62. The van der Waals surface area contributed by atoms with Crippen molar-refractivity contribution in [1.29, 1.82) is 0 Å². The highest BCUT2D eigenvalue weighted by molar-refractivity contribution is 7.11. The zero-order valence-electron chi connectivity index (χ0n) is 10.7. The fourth-order valence-electron chi connectivity index (χ4n) is 1.58. The number of pyridine rings is 1. The molecule has 0 fully saturated rings. The molecular formula is C13H16N4OS. The molecule has 3 N–H and O–H groups in total. The fraction of sp³-hybridized carbons (Fsp3) is 0.308. The van der Waals surface area contributed by atoms with Gasteiger partial charge in [-0.25, -0.2) is 4.98 Å². The van der Waals surface area contributed by atoms with Gasteiger partial charge in [-0.05, 0) is 18.6 Å². The van der Waals surface area contributed by atoms with E-state index in [1.807, 2.05) is 6.20 Å². The van der Waals surface area contributed by atoms with Gasteiger partial charge in [0, 0.05) is 29.4 Å². The number of carbonyl (C=O) groups excluding carboxylic acids is 1. The minimum absolute atomic E-state index is 0.134. The van der Waals surface area contributed by atoms with Gasteiger partial charge in [-0.2, -0.15) is 0 Å². The van der Waals surface area contributed by atoms with E-state index in [9.17, 15) is 4.79 Å². The second-order valence-electron chi connectivity index (χ2n) is 4.00. The largest absolute Gasteiger partial charge is 0.346 e. The Kier molecular flexibility index (Phi) is 4.59. The lowest BCUT2D eigenvalue weighted by molar-refractivity contribution is 0.0950. The van der Waals surface area contributed by atoms with Crippen molar-refractivity contribution >= 4 is 17.2 Å². The molecule has 0 aliphatic heterocycles. The van der Waals surface area contributed by atoms with Gasteiger partial charge in [0.05, 0.1) is 12.2 Å². The number of thiazole rings is 1. The van der Waals surface area contributed by atoms with E-state index in [2.05, 4.69) is 22.2 Å². The average molecular weight is 276 g/mol. The molecule has 0 unspecified atom stereocenters. The summed E-state index contributed by atoms with van der Waals surface area (Å²) in [7, 11) is 0. The first kappa shape index (κ1) is 13.6. The van der Waals surface area contributed by atoms with Crippen LogP contribution in [0.25, 0.3) is 0 Å². The molecule has 0 aromatic carbocycles. The van der Waals surface area contributed by atoms with Crippen molar-refractivity contribution in [2.75, 3.05) is 0 Å². The van der Waals surface area contributed by atoms with E-state index in [1.54, 1.807) is 29.7 Å². The first-order valence-corrected chi connectivity index (χ1v) is 6.91. The molecule has 0 saturated heterocycles. The zero-order valence-corrected chi connectivity index (χ0v) is 11.5. The minimum atomic E-state index is -0.134. The van der Waals surface area contributed by atoms with Crippen molar-refractivity contribution in [3.05, 3.63) is 45.7 Å². The van der Waals surface area contributed by atoms with E-state index in [1.165, 1.54) is 4.88 Å². The van der Waals surface area contributed by atoms with Crippen molar-refractivity contribution in [3.8, 4) is 0 Å². The molecular weight excluding hydrogens is 260 g/mol. The number of hydrogen-bond acceptors (Lipinski definition) is 5. The monoisotopic (exact) mass is 276 g/mol. The van der Waals surface area contributed by atoms with E-state index in [4.69, 9.17) is 5.73 Å². The third-order valence-electron chi connectivity index (χ3n) is 2.64. The molecule has 1 amide bonds. The Balaban J connectivity index is 1.96. The molecule has 5 nitrogen and oxygen atoms in total. The third-order valence-corrected chi connectivity index (χ3v) is 3.78. The molecule has 0 spiro atoms. The molecule has 0 bridgehead atoms. The van der Waals surface area contributed by atoms with E-state index in [0.717, 1.165) is 11.4 Å². The Hall–Kier alpha value is -1.79. The van der Waals surface area contributed by atoms with Crippen LogP contribution in [-0.2, 0) is 19.5 Å². The average Bonchev–Trinajstić information content (AvgIpc) is 2.93. The number of amides is 1. The van der Waals surface area contributed by atoms with Crippen LogP contribution in [0, 0.1) is 0 Å². The van der Waals surface area contributed by atoms with E-state index in [-0.39, 0.29) is 5.91 Å². The molecule has 2 heterocycles. The number of nitrogens with zero attached hydrogens (tertiary/aromatic N) is 2. The molecule has 2 aromatic heterocycles. The summed E-state index contributed by atoms with van der Waals surface area (Å²) in [6.45, 7) is 2.86. The van der Waals surface area contributed by atoms with Crippen LogP contribution in [0.15, 0.2) is 24.5 Å². The van der Waals surface area contributed by atoms with Gasteiger partial charge >= 0.3 is 0 Å². The molecule has 100 valence electrons. The Morgan fingerprint density at radius 2 is 2.32 bits per heavy atom. The zero-order chi connectivity index (χ0) is 13.7. The fourth-order valence-corrected chi connectivity index (χ4v) is 2.38. The summed E-state index contributed by atoms with van der Waals surface area (Å²) in [6, 6.07) is 3.38. The molecule has 2 rings (SSSR count). The first-order chi connectivity index (χ1) is 9.22. The second-order valence-corrected chi connectivity index (χ2v) is 5.20. The summed E-state index contributed by atoms with van der Waals surface area (Å²) in [5.41, 5.74) is 6.78. The van der Waals surface area contributed by atoms with Crippen LogP contribution in [-0.4, -0.2) is 15.9 Å². The van der Waals surface area contributed by atoms with E-state index in [0.29, 0.717) is 24.3 Å². The third kappa shape index (κ3) is 3.59. The maximum absolute atomic E-state index is 12.0. The maximum Gasteiger partial charge on any atom is 0.251 e. The minimum Gasteiger partial charge on any atom is -0.346 e. The SMILES string of the molecule is CCc1cnc(CNC(=O)c2ccnc(CN)c2)s1. The summed E-state index contributed by atoms with van der Waals surface area (Å²) in [4.78, 5) is 21.5. The standard InChI is InChI=1S/C13H16N4OS/c1-2-11-7-16-12(19-11)8-17-13(18)9-3-4-15-10(5-9)6-14/h3-5,7H,2,6,8,14H2,1H3,(H,17,18). The highest BCUT2D eigenvalue weighted by Gasteiger charge is 2.07. The van der Waals surface area contributed by atoms with Crippen molar-refractivity contribution in [2.45, 2.75) is 26.4 Å². The molecule has 2 aromatic rings. The normalized spacial score (nSPS) is 10.4. The number of nitrogens with two attached hydrogens (primary N) is 1. The van der Waals surface area contributed by atoms with Gasteiger partial charge < -0.3 is 11.1 Å². The van der Waals surface area contributed by atoms with Crippen LogP contribution < -0.4 is 11.1 Å². The molecule has 6 heteroatoms. The van der Waals surface area contributed by atoms with E-state index < -0.39 is 0 Å². The number of nitrogens with one attached hydrogen (secondary N) is 1. The number of rotatable bonds is 5. The lowest BCUT2D eigenvalue weighted by atomic mass is 10.2. The Morgan fingerprint density at radius 3 is 3.00 bits per heavy atom. The highest BCUT2D eigenvalue weighted by Crippen LogP contribution is 2.13.